The van der Waals surface area contributed by atoms with Gasteiger partial charge in [0.2, 0.25) is 5.91 Å². The highest BCUT2D eigenvalue weighted by Crippen LogP contribution is 2.18. The molecule has 1 amide bonds. The minimum Gasteiger partial charge on any atom is -0.371 e. The molecular formula is C15H28N4O2. The lowest BCUT2D eigenvalue weighted by atomic mass is 10.0. The maximum Gasteiger partial charge on any atom is 0.219 e. The van der Waals surface area contributed by atoms with Crippen molar-refractivity contribution >= 4 is 5.91 Å². The van der Waals surface area contributed by atoms with Crippen LogP contribution in [0.25, 0.3) is 0 Å². The molecule has 1 N–H and O–H groups in total. The molecule has 21 heavy (non-hydrogen) atoms. The Morgan fingerprint density at radius 3 is 2.52 bits per heavy atom. The fourth-order valence-electron chi connectivity index (χ4n) is 3.59. The van der Waals surface area contributed by atoms with Gasteiger partial charge in [-0.3, -0.25) is 14.6 Å². The maximum absolute atomic E-state index is 11.3. The first kappa shape index (κ1) is 15.2. The largest absolute Gasteiger partial charge is 0.371 e. The maximum atomic E-state index is 11.3. The lowest BCUT2D eigenvalue weighted by Gasteiger charge is -2.49. The molecule has 0 unspecified atom stereocenters. The number of hydrogen-bond acceptors (Lipinski definition) is 5. The second kappa shape index (κ2) is 6.60. The average molecular weight is 296 g/mol. The zero-order valence-electron chi connectivity index (χ0n) is 13.3. The molecule has 0 bridgehead atoms. The first-order valence-electron chi connectivity index (χ1n) is 8.20. The monoisotopic (exact) mass is 296 g/mol. The Kier molecular flexibility index (Phi) is 4.78. The highest BCUT2D eigenvalue weighted by molar-refractivity contribution is 5.73. The van der Waals surface area contributed by atoms with E-state index in [2.05, 4.69) is 22.0 Å². The van der Waals surface area contributed by atoms with Crippen LogP contribution in [0.2, 0.25) is 0 Å². The van der Waals surface area contributed by atoms with Gasteiger partial charge in [0.1, 0.15) is 0 Å². The van der Waals surface area contributed by atoms with Gasteiger partial charge in [-0.25, -0.2) is 0 Å². The summed E-state index contributed by atoms with van der Waals surface area (Å²) in [7, 11) is 0. The van der Waals surface area contributed by atoms with Crippen molar-refractivity contribution in [2.24, 2.45) is 0 Å². The molecule has 3 rings (SSSR count). The van der Waals surface area contributed by atoms with E-state index in [-0.39, 0.29) is 5.91 Å². The van der Waals surface area contributed by atoms with Gasteiger partial charge in [0.25, 0.3) is 0 Å². The van der Waals surface area contributed by atoms with Crippen LogP contribution in [-0.4, -0.2) is 97.8 Å². The molecule has 3 saturated heterocycles. The van der Waals surface area contributed by atoms with E-state index in [0.717, 1.165) is 58.9 Å². The van der Waals surface area contributed by atoms with Crippen LogP contribution in [0.3, 0.4) is 0 Å². The van der Waals surface area contributed by atoms with Crippen molar-refractivity contribution in [1.82, 2.24) is 20.0 Å². The van der Waals surface area contributed by atoms with Crippen LogP contribution in [0.5, 0.6) is 0 Å². The van der Waals surface area contributed by atoms with E-state index in [0.29, 0.717) is 18.2 Å². The molecule has 2 atom stereocenters. The van der Waals surface area contributed by atoms with Crippen LogP contribution in [0.15, 0.2) is 0 Å². The Balaban J connectivity index is 1.35. The fraction of sp³-hybridized carbons (Fsp3) is 0.933. The van der Waals surface area contributed by atoms with E-state index in [4.69, 9.17) is 4.74 Å². The predicted molar refractivity (Wildman–Crippen MR) is 81.3 cm³/mol. The number of amides is 1. The van der Waals surface area contributed by atoms with E-state index in [9.17, 15) is 4.79 Å². The third-order valence-corrected chi connectivity index (χ3v) is 4.90. The molecule has 3 aliphatic rings. The van der Waals surface area contributed by atoms with Gasteiger partial charge >= 0.3 is 0 Å². The SMILES string of the molecule is CC(=O)N1CCN(C2CN(C[C@@H]3CNC[C@@H](C)O3)C2)CC1. The number of piperazine rings is 1. The summed E-state index contributed by atoms with van der Waals surface area (Å²) in [6.45, 7) is 12.9. The molecule has 6 nitrogen and oxygen atoms in total. The predicted octanol–water partition coefficient (Wildman–Crippen LogP) is -0.788. The molecule has 0 aromatic heterocycles. The van der Waals surface area contributed by atoms with E-state index in [1.54, 1.807) is 6.92 Å². The van der Waals surface area contributed by atoms with Crippen LogP contribution in [-0.2, 0) is 9.53 Å². The van der Waals surface area contributed by atoms with Crippen LogP contribution in [0, 0.1) is 0 Å². The number of carbonyl (C=O) groups is 1. The molecule has 6 heteroatoms. The topological polar surface area (TPSA) is 48.1 Å². The Bertz CT molecular complexity index is 365. The van der Waals surface area contributed by atoms with Crippen molar-refractivity contribution < 1.29 is 9.53 Å². The van der Waals surface area contributed by atoms with Crippen molar-refractivity contribution in [1.29, 1.82) is 0 Å². The molecular weight excluding hydrogens is 268 g/mol. The van der Waals surface area contributed by atoms with Crippen molar-refractivity contribution in [3.05, 3.63) is 0 Å². The number of ether oxygens (including phenoxy) is 1. The van der Waals surface area contributed by atoms with Crippen LogP contribution >= 0.6 is 0 Å². The third kappa shape index (κ3) is 3.74. The standard InChI is InChI=1S/C15H28N4O2/c1-12-7-16-8-15(21-12)11-17-9-14(10-17)19-5-3-18(4-6-19)13(2)20/h12,14-16H,3-11H2,1-2H3/t12-,15+/m1/s1. The highest BCUT2D eigenvalue weighted by Gasteiger charge is 2.35. The van der Waals surface area contributed by atoms with Crippen molar-refractivity contribution in [3.63, 3.8) is 0 Å². The smallest absolute Gasteiger partial charge is 0.219 e. The Morgan fingerprint density at radius 2 is 1.90 bits per heavy atom. The quantitative estimate of drug-likeness (QED) is 0.740. The van der Waals surface area contributed by atoms with Crippen LogP contribution in [0.1, 0.15) is 13.8 Å². The second-order valence-corrected chi connectivity index (χ2v) is 6.64. The van der Waals surface area contributed by atoms with Gasteiger partial charge in [0.05, 0.1) is 12.2 Å². The van der Waals surface area contributed by atoms with Gasteiger partial charge in [-0.2, -0.15) is 0 Å². The molecule has 0 aliphatic carbocycles. The van der Waals surface area contributed by atoms with Crippen LogP contribution < -0.4 is 5.32 Å². The molecule has 0 spiro atoms. The molecule has 3 heterocycles. The number of hydrogen-bond donors (Lipinski definition) is 1. The molecule has 3 fully saturated rings. The summed E-state index contributed by atoms with van der Waals surface area (Å²) in [4.78, 5) is 18.3. The van der Waals surface area contributed by atoms with Crippen molar-refractivity contribution in [2.75, 3.05) is 58.9 Å². The van der Waals surface area contributed by atoms with Gasteiger partial charge in [-0.15, -0.1) is 0 Å². The van der Waals surface area contributed by atoms with Gasteiger partial charge in [-0.05, 0) is 6.92 Å². The summed E-state index contributed by atoms with van der Waals surface area (Å²) >= 11 is 0. The number of carbonyl (C=O) groups excluding carboxylic acids is 1. The minimum absolute atomic E-state index is 0.209. The van der Waals surface area contributed by atoms with Gasteiger partial charge < -0.3 is 15.0 Å². The zero-order chi connectivity index (χ0) is 14.8. The Labute approximate surface area is 127 Å². The molecule has 120 valence electrons. The number of nitrogens with one attached hydrogen (secondary N) is 1. The molecule has 0 aromatic carbocycles. The van der Waals surface area contributed by atoms with Crippen LogP contribution in [0.4, 0.5) is 0 Å². The molecule has 0 radical (unpaired) electrons. The van der Waals surface area contributed by atoms with E-state index >= 15 is 0 Å². The number of likely N-dealkylation sites (tertiary alicyclic amines) is 1. The zero-order valence-corrected chi connectivity index (χ0v) is 13.3. The fourth-order valence-corrected chi connectivity index (χ4v) is 3.59. The summed E-state index contributed by atoms with van der Waals surface area (Å²) in [5.41, 5.74) is 0. The first-order valence-corrected chi connectivity index (χ1v) is 8.20. The lowest BCUT2D eigenvalue weighted by molar-refractivity contribution is -0.131. The van der Waals surface area contributed by atoms with Gasteiger partial charge in [-0.1, -0.05) is 0 Å². The normalized spacial score (nSPS) is 33.0. The summed E-state index contributed by atoms with van der Waals surface area (Å²) in [5, 5.41) is 3.43. The summed E-state index contributed by atoms with van der Waals surface area (Å²) in [5.74, 6) is 0.209. The summed E-state index contributed by atoms with van der Waals surface area (Å²) in [6, 6.07) is 0.674. The summed E-state index contributed by atoms with van der Waals surface area (Å²) < 4.78 is 5.95. The number of nitrogens with zero attached hydrogens (tertiary/aromatic N) is 3. The molecule has 3 aliphatic heterocycles. The Morgan fingerprint density at radius 1 is 1.19 bits per heavy atom. The average Bonchev–Trinajstić information content (AvgIpc) is 2.42. The van der Waals surface area contributed by atoms with Gasteiger partial charge in [0, 0.05) is 71.9 Å². The van der Waals surface area contributed by atoms with E-state index in [1.807, 2.05) is 4.90 Å². The first-order chi connectivity index (χ1) is 10.1. The minimum atomic E-state index is 0.209. The van der Waals surface area contributed by atoms with E-state index in [1.165, 1.54) is 0 Å². The van der Waals surface area contributed by atoms with Crippen molar-refractivity contribution in [3.8, 4) is 0 Å². The van der Waals surface area contributed by atoms with E-state index < -0.39 is 0 Å². The summed E-state index contributed by atoms with van der Waals surface area (Å²) in [6.07, 6.45) is 0.671. The number of rotatable bonds is 3. The second-order valence-electron chi connectivity index (χ2n) is 6.64. The third-order valence-electron chi connectivity index (χ3n) is 4.90. The highest BCUT2D eigenvalue weighted by atomic mass is 16.5. The lowest BCUT2D eigenvalue weighted by Crippen LogP contribution is -2.65. The van der Waals surface area contributed by atoms with Crippen molar-refractivity contribution in [2.45, 2.75) is 32.1 Å². The molecule has 0 aromatic rings. The number of morpholine rings is 1. The van der Waals surface area contributed by atoms with Gasteiger partial charge in [0.15, 0.2) is 0 Å². The Hall–Kier alpha value is -0.690. The molecule has 0 saturated carbocycles.